The zero-order valence-electron chi connectivity index (χ0n) is 7.65. The van der Waals surface area contributed by atoms with E-state index in [4.69, 9.17) is 0 Å². The number of rotatable bonds is 2. The monoisotopic (exact) mass is 204 g/mol. The van der Waals surface area contributed by atoms with Crippen LogP contribution >= 0.6 is 0 Å². The molecule has 4 heteroatoms. The van der Waals surface area contributed by atoms with Crippen LogP contribution in [0.5, 0.6) is 0 Å². The molecule has 1 aliphatic carbocycles. The van der Waals surface area contributed by atoms with E-state index in [0.717, 1.165) is 25.7 Å². The van der Waals surface area contributed by atoms with E-state index in [1.54, 1.807) is 0 Å². The summed E-state index contributed by atoms with van der Waals surface area (Å²) in [5.74, 6) is 1.43. The molecule has 1 saturated carbocycles. The third kappa shape index (κ3) is 2.05. The highest BCUT2D eigenvalue weighted by Gasteiger charge is 2.37. The second-order valence-electron chi connectivity index (χ2n) is 4.44. The Morgan fingerprint density at radius 1 is 1.23 bits per heavy atom. The fourth-order valence-corrected chi connectivity index (χ4v) is 4.14. The summed E-state index contributed by atoms with van der Waals surface area (Å²) in [4.78, 5) is 0. The fourth-order valence-electron chi connectivity index (χ4n) is 2.53. The topological polar surface area (TPSA) is 54.4 Å². The number of hydrogen-bond acceptors (Lipinski definition) is 3. The van der Waals surface area contributed by atoms with Crippen molar-refractivity contribution < 1.29 is 13.5 Å². The van der Waals surface area contributed by atoms with Crippen LogP contribution in [0.25, 0.3) is 0 Å². The van der Waals surface area contributed by atoms with E-state index in [9.17, 15) is 13.5 Å². The lowest BCUT2D eigenvalue weighted by atomic mass is 9.93. The number of aliphatic hydroxyl groups excluding tert-OH is 1. The molecule has 76 valence electrons. The lowest BCUT2D eigenvalue weighted by Gasteiger charge is -2.29. The highest BCUT2D eigenvalue weighted by Crippen LogP contribution is 2.34. The SMILES string of the molecule is O=S1(=O)CC(C[C@@H]2CCC[C@H]2O)C1. The van der Waals surface area contributed by atoms with Crippen molar-refractivity contribution in [3.05, 3.63) is 0 Å². The van der Waals surface area contributed by atoms with Gasteiger partial charge in [0.15, 0.2) is 9.84 Å². The quantitative estimate of drug-likeness (QED) is 0.716. The van der Waals surface area contributed by atoms with Crippen molar-refractivity contribution in [3.8, 4) is 0 Å². The molecule has 3 nitrogen and oxygen atoms in total. The van der Waals surface area contributed by atoms with E-state index in [2.05, 4.69) is 0 Å². The molecule has 0 spiro atoms. The summed E-state index contributed by atoms with van der Waals surface area (Å²) in [6.45, 7) is 0. The van der Waals surface area contributed by atoms with E-state index in [1.807, 2.05) is 0 Å². The lowest BCUT2D eigenvalue weighted by molar-refractivity contribution is 0.120. The fraction of sp³-hybridized carbons (Fsp3) is 1.00. The van der Waals surface area contributed by atoms with Gasteiger partial charge < -0.3 is 5.11 Å². The van der Waals surface area contributed by atoms with Gasteiger partial charge in [0.1, 0.15) is 0 Å². The number of sulfone groups is 1. The third-order valence-corrected chi connectivity index (χ3v) is 5.19. The first-order valence-electron chi connectivity index (χ1n) is 4.95. The van der Waals surface area contributed by atoms with Crippen molar-refractivity contribution in [1.82, 2.24) is 0 Å². The molecule has 1 N–H and O–H groups in total. The minimum atomic E-state index is -2.67. The molecule has 0 radical (unpaired) electrons. The second kappa shape index (κ2) is 3.24. The standard InChI is InChI=1S/C9H16O3S/c10-9-3-1-2-8(9)4-7-5-13(11,12)6-7/h7-10H,1-6H2/t8-,9+/m0/s1. The van der Waals surface area contributed by atoms with E-state index < -0.39 is 9.84 Å². The average Bonchev–Trinajstić information content (AvgIpc) is 2.33. The molecule has 0 bridgehead atoms. The smallest absolute Gasteiger partial charge is 0.150 e. The van der Waals surface area contributed by atoms with Crippen LogP contribution in [0.3, 0.4) is 0 Å². The zero-order chi connectivity index (χ0) is 9.47. The predicted molar refractivity (Wildman–Crippen MR) is 50.1 cm³/mol. The summed E-state index contributed by atoms with van der Waals surface area (Å²) in [5.41, 5.74) is 0. The van der Waals surface area contributed by atoms with Crippen LogP contribution in [0.4, 0.5) is 0 Å². The van der Waals surface area contributed by atoms with Gasteiger partial charge in [-0.15, -0.1) is 0 Å². The van der Waals surface area contributed by atoms with Crippen LogP contribution in [0.2, 0.25) is 0 Å². The molecule has 1 aliphatic heterocycles. The maximum Gasteiger partial charge on any atom is 0.150 e. The van der Waals surface area contributed by atoms with Gasteiger partial charge >= 0.3 is 0 Å². The summed E-state index contributed by atoms with van der Waals surface area (Å²) in [5, 5.41) is 9.54. The summed E-state index contributed by atoms with van der Waals surface area (Å²) in [7, 11) is -2.67. The third-order valence-electron chi connectivity index (χ3n) is 3.23. The first-order valence-corrected chi connectivity index (χ1v) is 6.77. The van der Waals surface area contributed by atoms with Crippen molar-refractivity contribution in [2.45, 2.75) is 31.8 Å². The van der Waals surface area contributed by atoms with Gasteiger partial charge in [0.2, 0.25) is 0 Å². The first-order chi connectivity index (χ1) is 6.07. The molecule has 0 aromatic heterocycles. The van der Waals surface area contributed by atoms with Gasteiger partial charge in [-0.2, -0.15) is 0 Å². The molecule has 2 fully saturated rings. The molecule has 13 heavy (non-hydrogen) atoms. The molecular formula is C9H16O3S. The summed E-state index contributed by atoms with van der Waals surface area (Å²) < 4.78 is 21.8. The van der Waals surface area contributed by atoms with Crippen molar-refractivity contribution in [2.24, 2.45) is 11.8 Å². The van der Waals surface area contributed by atoms with Gasteiger partial charge in [-0.1, -0.05) is 6.42 Å². The largest absolute Gasteiger partial charge is 0.393 e. The normalized spacial score (nSPS) is 38.8. The predicted octanol–water partition coefficient (Wildman–Crippen LogP) is 0.582. The van der Waals surface area contributed by atoms with Crippen LogP contribution < -0.4 is 0 Å². The second-order valence-corrected chi connectivity index (χ2v) is 6.59. The maximum absolute atomic E-state index is 10.9. The average molecular weight is 204 g/mol. The molecule has 0 unspecified atom stereocenters. The van der Waals surface area contributed by atoms with Crippen molar-refractivity contribution >= 4 is 9.84 Å². The summed E-state index contributed by atoms with van der Waals surface area (Å²) in [6, 6.07) is 0. The van der Waals surface area contributed by atoms with E-state index in [1.165, 1.54) is 0 Å². The molecule has 0 amide bonds. The van der Waals surface area contributed by atoms with E-state index in [0.29, 0.717) is 23.3 Å². The highest BCUT2D eigenvalue weighted by molar-refractivity contribution is 7.92. The Bertz CT molecular complexity index is 271. The minimum Gasteiger partial charge on any atom is -0.393 e. The van der Waals surface area contributed by atoms with Gasteiger partial charge in [0, 0.05) is 0 Å². The van der Waals surface area contributed by atoms with Crippen LogP contribution in [-0.4, -0.2) is 31.1 Å². The summed E-state index contributed by atoms with van der Waals surface area (Å²) >= 11 is 0. The Balaban J connectivity index is 1.80. The Morgan fingerprint density at radius 3 is 2.38 bits per heavy atom. The van der Waals surface area contributed by atoms with Crippen LogP contribution in [0, 0.1) is 11.8 Å². The Hall–Kier alpha value is -0.0900. The highest BCUT2D eigenvalue weighted by atomic mass is 32.2. The van der Waals surface area contributed by atoms with Gasteiger partial charge in [-0.3, -0.25) is 0 Å². The van der Waals surface area contributed by atoms with E-state index in [-0.39, 0.29) is 6.10 Å². The lowest BCUT2D eigenvalue weighted by Crippen LogP contribution is -2.38. The van der Waals surface area contributed by atoms with Crippen molar-refractivity contribution in [3.63, 3.8) is 0 Å². The van der Waals surface area contributed by atoms with Gasteiger partial charge in [-0.25, -0.2) is 8.42 Å². The van der Waals surface area contributed by atoms with Crippen LogP contribution in [-0.2, 0) is 9.84 Å². The molecule has 2 atom stereocenters. The Morgan fingerprint density at radius 2 is 1.92 bits per heavy atom. The van der Waals surface area contributed by atoms with Crippen LogP contribution in [0.15, 0.2) is 0 Å². The molecule has 2 aliphatic rings. The first kappa shape index (κ1) is 9.46. The molecule has 0 aromatic rings. The summed E-state index contributed by atoms with van der Waals surface area (Å²) in [6.07, 6.45) is 3.84. The minimum absolute atomic E-state index is 0.164. The molecule has 2 rings (SSSR count). The van der Waals surface area contributed by atoms with E-state index >= 15 is 0 Å². The molecule has 1 heterocycles. The Labute approximate surface area is 79.1 Å². The number of aliphatic hydroxyl groups is 1. The van der Waals surface area contributed by atoms with Crippen molar-refractivity contribution in [2.75, 3.05) is 11.5 Å². The van der Waals surface area contributed by atoms with Crippen molar-refractivity contribution in [1.29, 1.82) is 0 Å². The van der Waals surface area contributed by atoms with Gasteiger partial charge in [-0.05, 0) is 31.1 Å². The maximum atomic E-state index is 10.9. The number of hydrogen-bond donors (Lipinski definition) is 1. The molecule has 0 aromatic carbocycles. The van der Waals surface area contributed by atoms with Crippen LogP contribution in [0.1, 0.15) is 25.7 Å². The molecule has 1 saturated heterocycles. The van der Waals surface area contributed by atoms with Gasteiger partial charge in [0.25, 0.3) is 0 Å². The Kier molecular flexibility index (Phi) is 2.36. The zero-order valence-corrected chi connectivity index (χ0v) is 8.46. The van der Waals surface area contributed by atoms with Gasteiger partial charge in [0.05, 0.1) is 17.6 Å². The molecular weight excluding hydrogens is 188 g/mol.